The summed E-state index contributed by atoms with van der Waals surface area (Å²) >= 11 is 0. The molecule has 0 atom stereocenters. The van der Waals surface area contributed by atoms with Gasteiger partial charge >= 0.3 is 0 Å². The van der Waals surface area contributed by atoms with E-state index in [-0.39, 0.29) is 6.54 Å². The Morgan fingerprint density at radius 1 is 1.25 bits per heavy atom. The largest absolute Gasteiger partial charge is 0.497 e. The van der Waals surface area contributed by atoms with E-state index in [2.05, 4.69) is 11.1 Å². The average Bonchev–Trinajstić information content (AvgIpc) is 3.04. The number of ether oxygens (including phenoxy) is 1. The molecule has 0 N–H and O–H groups in total. The molecule has 1 aliphatic rings. The molecule has 3 rings (SSSR count). The molecule has 146 valence electrons. The Hall–Kier alpha value is -2.69. The van der Waals surface area contributed by atoms with Gasteiger partial charge in [-0.25, -0.2) is 8.42 Å². The lowest BCUT2D eigenvalue weighted by Crippen LogP contribution is -2.33. The van der Waals surface area contributed by atoms with Gasteiger partial charge in [0, 0.05) is 19.2 Å². The molecule has 7 heteroatoms. The molecule has 2 aromatic carbocycles. The zero-order valence-electron chi connectivity index (χ0n) is 16.5. The number of fused-ring (bicyclic) bond motifs is 1. The van der Waals surface area contributed by atoms with Crippen LogP contribution in [0.2, 0.25) is 0 Å². The smallest absolute Gasteiger partial charge is 0.243 e. The Balaban J connectivity index is 1.88. The second kappa shape index (κ2) is 7.74. The Morgan fingerprint density at radius 3 is 2.54 bits per heavy atom. The number of aliphatic imine (C=N–C) groups is 1. The molecule has 28 heavy (non-hydrogen) atoms. The van der Waals surface area contributed by atoms with Crippen LogP contribution in [0.3, 0.4) is 0 Å². The molecule has 0 bridgehead atoms. The first-order valence-corrected chi connectivity index (χ1v) is 10.4. The Labute approximate surface area is 166 Å². The van der Waals surface area contributed by atoms with Crippen molar-refractivity contribution in [1.29, 1.82) is 5.26 Å². The van der Waals surface area contributed by atoms with Gasteiger partial charge in [0.05, 0.1) is 36.7 Å². The van der Waals surface area contributed by atoms with Crippen LogP contribution in [-0.2, 0) is 22.9 Å². The van der Waals surface area contributed by atoms with E-state index in [0.29, 0.717) is 34.6 Å². The first-order valence-electron chi connectivity index (χ1n) is 8.93. The van der Waals surface area contributed by atoms with E-state index in [1.54, 1.807) is 40.1 Å². The summed E-state index contributed by atoms with van der Waals surface area (Å²) in [5.41, 5.74) is 4.79. The molecule has 2 aromatic rings. The van der Waals surface area contributed by atoms with E-state index in [0.717, 1.165) is 22.5 Å². The molecule has 0 saturated heterocycles. The van der Waals surface area contributed by atoms with Crippen LogP contribution in [-0.4, -0.2) is 39.1 Å². The normalized spacial score (nSPS) is 13.2. The number of hydrogen-bond acceptors (Lipinski definition) is 5. The van der Waals surface area contributed by atoms with Crippen molar-refractivity contribution < 1.29 is 13.2 Å². The lowest BCUT2D eigenvalue weighted by atomic mass is 10.0. The van der Waals surface area contributed by atoms with Crippen molar-refractivity contribution in [2.75, 3.05) is 20.7 Å². The van der Waals surface area contributed by atoms with Crippen molar-refractivity contribution in [2.45, 2.75) is 31.6 Å². The fraction of sp³-hybridized carbons (Fsp3) is 0.333. The highest BCUT2D eigenvalue weighted by Gasteiger charge is 2.28. The molecular formula is C21H23N3O3S. The maximum atomic E-state index is 13.2. The molecule has 0 aromatic heterocycles. The quantitative estimate of drug-likeness (QED) is 0.749. The number of hydrogen-bond donors (Lipinski definition) is 0. The molecule has 1 aliphatic heterocycles. The summed E-state index contributed by atoms with van der Waals surface area (Å²) in [6.07, 6.45) is 0.882. The molecule has 0 radical (unpaired) electrons. The fourth-order valence-electron chi connectivity index (χ4n) is 3.60. The van der Waals surface area contributed by atoms with Gasteiger partial charge in [-0.05, 0) is 48.2 Å². The highest BCUT2D eigenvalue weighted by molar-refractivity contribution is 7.89. The van der Waals surface area contributed by atoms with Crippen LogP contribution in [0.4, 0.5) is 5.69 Å². The van der Waals surface area contributed by atoms with Crippen LogP contribution in [0.1, 0.15) is 22.3 Å². The molecule has 1 heterocycles. The van der Waals surface area contributed by atoms with E-state index >= 15 is 0 Å². The predicted octanol–water partition coefficient (Wildman–Crippen LogP) is 3.33. The third kappa shape index (κ3) is 3.66. The number of aryl methyl sites for hydroxylation is 2. The highest BCUT2D eigenvalue weighted by atomic mass is 32.2. The fourth-order valence-corrected chi connectivity index (χ4v) is 5.16. The van der Waals surface area contributed by atoms with Gasteiger partial charge in [-0.3, -0.25) is 4.99 Å². The molecule has 0 fully saturated rings. The second-order valence-electron chi connectivity index (χ2n) is 6.97. The van der Waals surface area contributed by atoms with Crippen molar-refractivity contribution in [3.8, 4) is 11.8 Å². The SMILES string of the molecule is COc1cc(C)c(S(=O)(=O)N(C)CC2=Nc3c(CC#N)cccc3C2)c(C)c1. The van der Waals surface area contributed by atoms with Gasteiger partial charge in [-0.1, -0.05) is 18.2 Å². The second-order valence-corrected chi connectivity index (χ2v) is 8.95. The number of sulfonamides is 1. The van der Waals surface area contributed by atoms with Crippen molar-refractivity contribution in [3.63, 3.8) is 0 Å². The van der Waals surface area contributed by atoms with Crippen LogP contribution in [0.5, 0.6) is 5.75 Å². The Kier molecular flexibility index (Phi) is 5.54. The Bertz CT molecular complexity index is 1080. The van der Waals surface area contributed by atoms with Gasteiger partial charge in [0.15, 0.2) is 0 Å². The van der Waals surface area contributed by atoms with Crippen molar-refractivity contribution in [3.05, 3.63) is 52.6 Å². The topological polar surface area (TPSA) is 82.8 Å². The summed E-state index contributed by atoms with van der Waals surface area (Å²) in [7, 11) is -0.546. The summed E-state index contributed by atoms with van der Waals surface area (Å²) in [6.45, 7) is 3.74. The van der Waals surface area contributed by atoms with Gasteiger partial charge < -0.3 is 4.74 Å². The average molecular weight is 398 g/mol. The summed E-state index contributed by atoms with van der Waals surface area (Å²) in [5, 5.41) is 8.99. The van der Waals surface area contributed by atoms with Crippen molar-refractivity contribution >= 4 is 21.4 Å². The lowest BCUT2D eigenvalue weighted by Gasteiger charge is -2.20. The molecule has 0 saturated carbocycles. The highest BCUT2D eigenvalue weighted by Crippen LogP contribution is 2.32. The maximum absolute atomic E-state index is 13.2. The Morgan fingerprint density at radius 2 is 1.93 bits per heavy atom. The van der Waals surface area contributed by atoms with E-state index in [4.69, 9.17) is 10.00 Å². The van der Waals surface area contributed by atoms with Crippen LogP contribution in [0, 0.1) is 25.2 Å². The van der Waals surface area contributed by atoms with Gasteiger partial charge in [0.1, 0.15) is 5.75 Å². The standard InChI is InChI=1S/C21H23N3O3S/c1-14-10-19(27-4)11-15(2)21(14)28(25,26)24(3)13-18-12-17-7-5-6-16(8-9-22)20(17)23-18/h5-7,10-11H,8,12-13H2,1-4H3. The summed E-state index contributed by atoms with van der Waals surface area (Å²) < 4.78 is 32.9. The third-order valence-corrected chi connectivity index (χ3v) is 6.99. The molecule has 0 spiro atoms. The number of nitrogens with zero attached hydrogens (tertiary/aromatic N) is 3. The summed E-state index contributed by atoms with van der Waals surface area (Å²) in [6, 6.07) is 11.4. The zero-order valence-corrected chi connectivity index (χ0v) is 17.3. The monoisotopic (exact) mass is 397 g/mol. The van der Waals surface area contributed by atoms with Crippen molar-refractivity contribution in [2.24, 2.45) is 4.99 Å². The molecular weight excluding hydrogens is 374 g/mol. The summed E-state index contributed by atoms with van der Waals surface area (Å²) in [5.74, 6) is 0.636. The minimum atomic E-state index is -3.68. The third-order valence-electron chi connectivity index (χ3n) is 4.88. The predicted molar refractivity (Wildman–Crippen MR) is 109 cm³/mol. The minimum absolute atomic E-state index is 0.202. The van der Waals surface area contributed by atoms with Crippen molar-refractivity contribution in [1.82, 2.24) is 4.31 Å². The van der Waals surface area contributed by atoms with E-state index in [1.165, 1.54) is 4.31 Å². The van der Waals surface area contributed by atoms with E-state index < -0.39 is 10.0 Å². The minimum Gasteiger partial charge on any atom is -0.497 e. The number of methoxy groups -OCH3 is 1. The van der Waals surface area contributed by atoms with Gasteiger partial charge in [-0.15, -0.1) is 0 Å². The van der Waals surface area contributed by atoms with E-state index in [9.17, 15) is 8.42 Å². The molecule has 0 unspecified atom stereocenters. The van der Waals surface area contributed by atoms with Crippen LogP contribution in [0.15, 0.2) is 40.2 Å². The van der Waals surface area contributed by atoms with Crippen LogP contribution in [0.25, 0.3) is 0 Å². The van der Waals surface area contributed by atoms with Gasteiger partial charge in [0.2, 0.25) is 10.0 Å². The number of rotatable bonds is 6. The lowest BCUT2D eigenvalue weighted by molar-refractivity contribution is 0.413. The van der Waals surface area contributed by atoms with Crippen LogP contribution < -0.4 is 4.74 Å². The van der Waals surface area contributed by atoms with E-state index in [1.807, 2.05) is 18.2 Å². The summed E-state index contributed by atoms with van der Waals surface area (Å²) in [4.78, 5) is 4.93. The maximum Gasteiger partial charge on any atom is 0.243 e. The molecule has 0 amide bonds. The number of para-hydroxylation sites is 1. The zero-order chi connectivity index (χ0) is 20.5. The van der Waals surface area contributed by atoms with Gasteiger partial charge in [-0.2, -0.15) is 9.57 Å². The number of nitriles is 1. The first kappa shape index (κ1) is 20.1. The molecule has 0 aliphatic carbocycles. The molecule has 6 nitrogen and oxygen atoms in total. The van der Waals surface area contributed by atoms with Gasteiger partial charge in [0.25, 0.3) is 0 Å². The first-order chi connectivity index (χ1) is 13.3. The number of benzene rings is 2. The van der Waals surface area contributed by atoms with Crippen LogP contribution >= 0.6 is 0 Å².